The second-order valence-corrected chi connectivity index (χ2v) is 19.1. The topological polar surface area (TPSA) is 78.9 Å². The molecule has 6 heteroatoms. The van der Waals surface area contributed by atoms with Gasteiger partial charge in [-0.15, -0.1) is 0 Å². The van der Waals surface area contributed by atoms with Crippen LogP contribution >= 0.6 is 0 Å². The predicted molar refractivity (Wildman–Crippen MR) is 316 cm³/mol. The molecule has 73 heavy (non-hydrogen) atoms. The summed E-state index contributed by atoms with van der Waals surface area (Å²) in [5, 5.41) is 0. The summed E-state index contributed by atoms with van der Waals surface area (Å²) in [5.41, 5.74) is 0. The van der Waals surface area contributed by atoms with E-state index in [2.05, 4.69) is 142 Å². The van der Waals surface area contributed by atoms with E-state index < -0.39 is 6.10 Å². The second-order valence-electron chi connectivity index (χ2n) is 19.1. The lowest BCUT2D eigenvalue weighted by atomic mass is 10.1. The first-order chi connectivity index (χ1) is 36.0. The third-order valence-corrected chi connectivity index (χ3v) is 12.1. The van der Waals surface area contributed by atoms with E-state index in [1.54, 1.807) is 0 Å². The Kier molecular flexibility index (Phi) is 56.4. The van der Waals surface area contributed by atoms with Gasteiger partial charge in [-0.2, -0.15) is 0 Å². The van der Waals surface area contributed by atoms with Crippen LogP contribution in [0.3, 0.4) is 0 Å². The Labute approximate surface area is 449 Å². The zero-order valence-corrected chi connectivity index (χ0v) is 47.1. The number of ether oxygens (including phenoxy) is 3. The Morgan fingerprint density at radius 1 is 0.288 bits per heavy atom. The van der Waals surface area contributed by atoms with Gasteiger partial charge in [0.1, 0.15) is 13.2 Å². The van der Waals surface area contributed by atoms with Crippen LogP contribution in [0.1, 0.15) is 252 Å². The Morgan fingerprint density at radius 2 is 0.562 bits per heavy atom. The molecule has 0 radical (unpaired) electrons. The van der Waals surface area contributed by atoms with Crippen LogP contribution in [0.2, 0.25) is 0 Å². The van der Waals surface area contributed by atoms with E-state index in [0.29, 0.717) is 19.3 Å². The molecule has 0 aliphatic rings. The van der Waals surface area contributed by atoms with Gasteiger partial charge in [0.05, 0.1) is 0 Å². The molecule has 1 atom stereocenters. The smallest absolute Gasteiger partial charge is 0.306 e. The molecule has 0 spiro atoms. The number of unbranched alkanes of at least 4 members (excludes halogenated alkanes) is 19. The van der Waals surface area contributed by atoms with Gasteiger partial charge in [-0.1, -0.05) is 244 Å². The first-order valence-corrected chi connectivity index (χ1v) is 29.7. The maximum absolute atomic E-state index is 12.9. The first kappa shape index (κ1) is 68.6. The number of esters is 3. The summed E-state index contributed by atoms with van der Waals surface area (Å²) in [6.07, 6.45) is 84.6. The SMILES string of the molecule is CC/C=C\C/C=C\C/C=C\C/C=C\C/C=C\C/C=C\CCCCCCC(=O)OCC(COC(=O)CC/C=C\C/C=C\C/C=C\C/C=C\CC)OC(=O)CCCCCCCCCCC/C=C\CCCCCCCC. The van der Waals surface area contributed by atoms with E-state index in [0.717, 1.165) is 116 Å². The number of carbonyl (C=O) groups is 3. The van der Waals surface area contributed by atoms with Crippen LogP contribution in [-0.4, -0.2) is 37.2 Å². The van der Waals surface area contributed by atoms with Crippen LogP contribution in [0.25, 0.3) is 0 Å². The van der Waals surface area contributed by atoms with Crippen molar-refractivity contribution in [1.29, 1.82) is 0 Å². The molecule has 6 nitrogen and oxygen atoms in total. The van der Waals surface area contributed by atoms with Crippen LogP contribution < -0.4 is 0 Å². The average Bonchev–Trinajstić information content (AvgIpc) is 3.39. The van der Waals surface area contributed by atoms with Crippen molar-refractivity contribution in [2.24, 2.45) is 0 Å². The van der Waals surface area contributed by atoms with Gasteiger partial charge in [0.2, 0.25) is 0 Å². The molecule has 0 aliphatic carbocycles. The van der Waals surface area contributed by atoms with E-state index in [-0.39, 0.29) is 37.5 Å². The molecule has 0 aliphatic heterocycles. The van der Waals surface area contributed by atoms with Crippen LogP contribution in [-0.2, 0) is 28.6 Å². The third kappa shape index (κ3) is 58.3. The number of hydrogen-bond acceptors (Lipinski definition) is 6. The number of hydrogen-bond donors (Lipinski definition) is 0. The van der Waals surface area contributed by atoms with E-state index in [1.165, 1.54) is 89.9 Å². The quantitative estimate of drug-likeness (QED) is 0.0261. The average molecular weight is 1010 g/mol. The van der Waals surface area contributed by atoms with E-state index in [9.17, 15) is 14.4 Å². The summed E-state index contributed by atoms with van der Waals surface area (Å²) in [6, 6.07) is 0. The van der Waals surface area contributed by atoms with E-state index in [4.69, 9.17) is 14.2 Å². The van der Waals surface area contributed by atoms with Gasteiger partial charge in [0.25, 0.3) is 0 Å². The third-order valence-electron chi connectivity index (χ3n) is 12.1. The Balaban J connectivity index is 4.48. The Hall–Kier alpha value is -4.45. The van der Waals surface area contributed by atoms with Crippen molar-refractivity contribution >= 4 is 17.9 Å². The van der Waals surface area contributed by atoms with Crippen LogP contribution in [0.15, 0.2) is 134 Å². The molecule has 0 fully saturated rings. The maximum Gasteiger partial charge on any atom is 0.306 e. The lowest BCUT2D eigenvalue weighted by molar-refractivity contribution is -0.166. The molecule has 1 unspecified atom stereocenters. The predicted octanol–water partition coefficient (Wildman–Crippen LogP) is 20.2. The van der Waals surface area contributed by atoms with Crippen LogP contribution in [0.4, 0.5) is 0 Å². The molecule has 0 N–H and O–H groups in total. The van der Waals surface area contributed by atoms with Crippen LogP contribution in [0.5, 0.6) is 0 Å². The lowest BCUT2D eigenvalue weighted by Crippen LogP contribution is -2.30. The standard InChI is InChI=1S/C67H108O6/c1-4-7-10-13-16-19-22-25-27-29-31-32-33-34-36-37-39-42-45-48-51-54-57-60-66(69)72-63-64(62-71-65(68)59-56-53-50-47-44-41-24-21-18-15-12-9-6-3)73-67(70)61-58-55-52-49-46-43-40-38-35-30-28-26-23-20-17-14-11-8-5-2/h7,9-10,12,16,18-19,21,25-28,31-32,34,36,39,41-42,44,50,53,64H,4-6,8,11,13-15,17,20,22-24,29-30,33,35,37-38,40,43,45-49,51-52,54-63H2,1-3H3/b10-7-,12-9-,19-16-,21-18-,27-25-,28-26-,32-31-,36-34-,42-39-,44-41-,53-50-. The molecule has 0 amide bonds. The number of allylic oxidation sites excluding steroid dienone is 22. The highest BCUT2D eigenvalue weighted by atomic mass is 16.6. The Bertz CT molecular complexity index is 1580. The summed E-state index contributed by atoms with van der Waals surface area (Å²) in [7, 11) is 0. The van der Waals surface area contributed by atoms with Crippen molar-refractivity contribution < 1.29 is 28.6 Å². The zero-order valence-electron chi connectivity index (χ0n) is 47.1. The van der Waals surface area contributed by atoms with Gasteiger partial charge in [0, 0.05) is 19.3 Å². The van der Waals surface area contributed by atoms with Crippen molar-refractivity contribution in [1.82, 2.24) is 0 Å². The van der Waals surface area contributed by atoms with Gasteiger partial charge >= 0.3 is 17.9 Å². The van der Waals surface area contributed by atoms with Gasteiger partial charge < -0.3 is 14.2 Å². The second kappa shape index (κ2) is 60.1. The molecule has 0 rings (SSSR count). The van der Waals surface area contributed by atoms with Crippen molar-refractivity contribution in [2.75, 3.05) is 13.2 Å². The minimum Gasteiger partial charge on any atom is -0.462 e. The van der Waals surface area contributed by atoms with Gasteiger partial charge in [0.15, 0.2) is 6.10 Å². The fourth-order valence-electron chi connectivity index (χ4n) is 7.75. The van der Waals surface area contributed by atoms with Gasteiger partial charge in [-0.05, 0) is 122 Å². The molecule has 412 valence electrons. The van der Waals surface area contributed by atoms with Crippen molar-refractivity contribution in [3.8, 4) is 0 Å². The highest BCUT2D eigenvalue weighted by Crippen LogP contribution is 2.14. The molecule has 0 aromatic rings. The van der Waals surface area contributed by atoms with E-state index >= 15 is 0 Å². The normalized spacial score (nSPS) is 13.1. The molecule has 0 saturated heterocycles. The fraction of sp³-hybridized carbons (Fsp3) is 0.627. The molecule has 0 heterocycles. The van der Waals surface area contributed by atoms with Crippen molar-refractivity contribution in [2.45, 2.75) is 258 Å². The Morgan fingerprint density at radius 3 is 0.932 bits per heavy atom. The van der Waals surface area contributed by atoms with Crippen molar-refractivity contribution in [3.05, 3.63) is 134 Å². The highest BCUT2D eigenvalue weighted by molar-refractivity contribution is 5.71. The molecule has 0 saturated carbocycles. The lowest BCUT2D eigenvalue weighted by Gasteiger charge is -2.18. The molecule has 0 aromatic heterocycles. The summed E-state index contributed by atoms with van der Waals surface area (Å²) in [5.74, 6) is -1.03. The summed E-state index contributed by atoms with van der Waals surface area (Å²) < 4.78 is 16.8. The molecule has 0 aromatic carbocycles. The van der Waals surface area contributed by atoms with Gasteiger partial charge in [-0.25, -0.2) is 0 Å². The molecular formula is C67H108O6. The monoisotopic (exact) mass is 1010 g/mol. The van der Waals surface area contributed by atoms with Gasteiger partial charge in [-0.3, -0.25) is 14.4 Å². The van der Waals surface area contributed by atoms with Crippen molar-refractivity contribution in [3.63, 3.8) is 0 Å². The molecular weight excluding hydrogens is 901 g/mol. The minimum absolute atomic E-state index is 0.118. The maximum atomic E-state index is 12.9. The highest BCUT2D eigenvalue weighted by Gasteiger charge is 2.19. The number of rotatable bonds is 52. The van der Waals surface area contributed by atoms with E-state index in [1.807, 2.05) is 12.2 Å². The zero-order chi connectivity index (χ0) is 52.9. The summed E-state index contributed by atoms with van der Waals surface area (Å²) in [6.45, 7) is 6.32. The first-order valence-electron chi connectivity index (χ1n) is 29.7. The van der Waals surface area contributed by atoms with Crippen LogP contribution in [0, 0.1) is 0 Å². The fourth-order valence-corrected chi connectivity index (χ4v) is 7.75. The molecule has 0 bridgehead atoms. The minimum atomic E-state index is -0.824. The summed E-state index contributed by atoms with van der Waals surface area (Å²) in [4.78, 5) is 38.2. The number of carbonyl (C=O) groups excluding carboxylic acids is 3. The largest absolute Gasteiger partial charge is 0.462 e. The summed E-state index contributed by atoms with van der Waals surface area (Å²) >= 11 is 0.